The number of rotatable bonds is 4. The van der Waals surface area contributed by atoms with E-state index in [1.54, 1.807) is 4.57 Å². The quantitative estimate of drug-likeness (QED) is 0.752. The molecule has 0 aliphatic rings. The van der Waals surface area contributed by atoms with Crippen molar-refractivity contribution in [1.82, 2.24) is 9.55 Å². The molecule has 0 aliphatic carbocycles. The SMILES string of the molecule is Cc1ccc(C(=O)Cn2c(CO)nc3cc(C)ccc32)cc1. The number of carbonyl (C=O) groups is 1. The fraction of sp³-hybridized carbons (Fsp3) is 0.222. The second-order valence-corrected chi connectivity index (χ2v) is 5.55. The van der Waals surface area contributed by atoms with Gasteiger partial charge >= 0.3 is 0 Å². The molecule has 2 aromatic carbocycles. The van der Waals surface area contributed by atoms with E-state index in [-0.39, 0.29) is 18.9 Å². The molecule has 0 aliphatic heterocycles. The Hall–Kier alpha value is -2.46. The van der Waals surface area contributed by atoms with Crippen LogP contribution >= 0.6 is 0 Å². The number of aryl methyl sites for hydroxylation is 2. The lowest BCUT2D eigenvalue weighted by atomic mass is 10.1. The Morgan fingerprint density at radius 1 is 1.09 bits per heavy atom. The Morgan fingerprint density at radius 2 is 1.77 bits per heavy atom. The van der Waals surface area contributed by atoms with Crippen LogP contribution in [-0.2, 0) is 13.2 Å². The first kappa shape index (κ1) is 14.5. The van der Waals surface area contributed by atoms with Crippen molar-refractivity contribution in [3.05, 3.63) is 65.0 Å². The summed E-state index contributed by atoms with van der Waals surface area (Å²) in [5.74, 6) is 0.524. The molecule has 0 bridgehead atoms. The molecule has 0 atom stereocenters. The summed E-state index contributed by atoms with van der Waals surface area (Å²) in [5, 5.41) is 9.51. The zero-order chi connectivity index (χ0) is 15.7. The molecule has 0 radical (unpaired) electrons. The fourth-order valence-electron chi connectivity index (χ4n) is 2.56. The molecule has 0 saturated carbocycles. The Kier molecular flexibility index (Phi) is 3.77. The number of aliphatic hydroxyl groups is 1. The standard InChI is InChI=1S/C18H18N2O2/c1-12-3-6-14(7-4-12)17(22)10-20-16-8-5-13(2)9-15(16)19-18(20)11-21/h3-9,21H,10-11H2,1-2H3. The summed E-state index contributed by atoms with van der Waals surface area (Å²) < 4.78 is 1.79. The van der Waals surface area contributed by atoms with E-state index in [1.165, 1.54) is 0 Å². The third kappa shape index (κ3) is 2.65. The third-order valence-electron chi connectivity index (χ3n) is 3.80. The molecule has 3 rings (SSSR count). The van der Waals surface area contributed by atoms with E-state index in [0.29, 0.717) is 11.4 Å². The number of carbonyl (C=O) groups excluding carboxylic acids is 1. The van der Waals surface area contributed by atoms with Crippen molar-refractivity contribution in [3.8, 4) is 0 Å². The highest BCUT2D eigenvalue weighted by atomic mass is 16.3. The second-order valence-electron chi connectivity index (χ2n) is 5.55. The van der Waals surface area contributed by atoms with Crippen LogP contribution in [0.15, 0.2) is 42.5 Å². The number of benzene rings is 2. The first-order chi connectivity index (χ1) is 10.6. The van der Waals surface area contributed by atoms with Gasteiger partial charge in [0.1, 0.15) is 12.4 Å². The lowest BCUT2D eigenvalue weighted by Gasteiger charge is -2.07. The summed E-state index contributed by atoms with van der Waals surface area (Å²) in [6, 6.07) is 13.4. The Bertz CT molecular complexity index is 832. The first-order valence-corrected chi connectivity index (χ1v) is 7.25. The Labute approximate surface area is 129 Å². The molecule has 3 aromatic rings. The minimum atomic E-state index is -0.186. The average Bonchev–Trinajstić information content (AvgIpc) is 2.84. The molecular formula is C18H18N2O2. The van der Waals surface area contributed by atoms with Crippen molar-refractivity contribution in [2.45, 2.75) is 27.0 Å². The molecule has 0 saturated heterocycles. The van der Waals surface area contributed by atoms with E-state index in [0.717, 1.165) is 22.2 Å². The first-order valence-electron chi connectivity index (χ1n) is 7.25. The van der Waals surface area contributed by atoms with Crippen LogP contribution in [0.25, 0.3) is 11.0 Å². The zero-order valence-corrected chi connectivity index (χ0v) is 12.7. The third-order valence-corrected chi connectivity index (χ3v) is 3.80. The van der Waals surface area contributed by atoms with Gasteiger partial charge in [-0.2, -0.15) is 0 Å². The molecule has 1 heterocycles. The normalized spacial score (nSPS) is 11.0. The van der Waals surface area contributed by atoms with Crippen LogP contribution in [0.4, 0.5) is 0 Å². The maximum atomic E-state index is 12.5. The number of hydrogen-bond donors (Lipinski definition) is 1. The molecular weight excluding hydrogens is 276 g/mol. The number of aromatic nitrogens is 2. The van der Waals surface area contributed by atoms with Crippen LogP contribution in [0.3, 0.4) is 0 Å². The van der Waals surface area contributed by atoms with E-state index < -0.39 is 0 Å². The van der Waals surface area contributed by atoms with Crippen molar-refractivity contribution < 1.29 is 9.90 Å². The summed E-state index contributed by atoms with van der Waals surface area (Å²) in [7, 11) is 0. The highest BCUT2D eigenvalue weighted by molar-refractivity contribution is 5.96. The Balaban J connectivity index is 1.99. The topological polar surface area (TPSA) is 55.1 Å². The number of hydrogen-bond acceptors (Lipinski definition) is 3. The molecule has 22 heavy (non-hydrogen) atoms. The van der Waals surface area contributed by atoms with Gasteiger partial charge < -0.3 is 9.67 Å². The van der Waals surface area contributed by atoms with Crippen molar-refractivity contribution in [1.29, 1.82) is 0 Å². The van der Waals surface area contributed by atoms with Crippen LogP contribution in [0.1, 0.15) is 27.3 Å². The zero-order valence-electron chi connectivity index (χ0n) is 12.7. The minimum absolute atomic E-state index is 0.00887. The van der Waals surface area contributed by atoms with E-state index in [2.05, 4.69) is 4.98 Å². The maximum Gasteiger partial charge on any atom is 0.182 e. The lowest BCUT2D eigenvalue weighted by Crippen LogP contribution is -2.13. The molecule has 4 heteroatoms. The van der Waals surface area contributed by atoms with Crippen LogP contribution in [0.5, 0.6) is 0 Å². The summed E-state index contributed by atoms with van der Waals surface area (Å²) in [5.41, 5.74) is 4.57. The average molecular weight is 294 g/mol. The predicted octanol–water partition coefficient (Wildman–Crippen LogP) is 3.03. The van der Waals surface area contributed by atoms with Crippen molar-refractivity contribution in [2.24, 2.45) is 0 Å². The number of aliphatic hydroxyl groups excluding tert-OH is 1. The van der Waals surface area contributed by atoms with Gasteiger partial charge in [0, 0.05) is 5.56 Å². The van der Waals surface area contributed by atoms with Gasteiger partial charge in [-0.05, 0) is 31.5 Å². The van der Waals surface area contributed by atoms with E-state index in [1.807, 2.05) is 56.3 Å². The largest absolute Gasteiger partial charge is 0.388 e. The Morgan fingerprint density at radius 3 is 2.45 bits per heavy atom. The molecule has 1 N–H and O–H groups in total. The van der Waals surface area contributed by atoms with E-state index >= 15 is 0 Å². The predicted molar refractivity (Wildman–Crippen MR) is 85.9 cm³/mol. The van der Waals surface area contributed by atoms with Crippen molar-refractivity contribution in [2.75, 3.05) is 0 Å². The molecule has 0 fully saturated rings. The second kappa shape index (κ2) is 5.73. The summed E-state index contributed by atoms with van der Waals surface area (Å²) in [6.07, 6.45) is 0. The molecule has 4 nitrogen and oxygen atoms in total. The maximum absolute atomic E-state index is 12.5. The number of Topliss-reactive ketones (excluding diaryl/α,β-unsaturated/α-hetero) is 1. The van der Waals surface area contributed by atoms with Gasteiger partial charge in [0.15, 0.2) is 5.78 Å². The van der Waals surface area contributed by atoms with Gasteiger partial charge in [-0.1, -0.05) is 35.9 Å². The lowest BCUT2D eigenvalue weighted by molar-refractivity contribution is 0.0970. The number of fused-ring (bicyclic) bond motifs is 1. The van der Waals surface area contributed by atoms with Crippen molar-refractivity contribution in [3.63, 3.8) is 0 Å². The van der Waals surface area contributed by atoms with Crippen LogP contribution in [-0.4, -0.2) is 20.4 Å². The molecule has 112 valence electrons. The number of ketones is 1. The number of nitrogens with zero attached hydrogens (tertiary/aromatic N) is 2. The minimum Gasteiger partial charge on any atom is -0.388 e. The summed E-state index contributed by atoms with van der Waals surface area (Å²) >= 11 is 0. The molecule has 0 amide bonds. The van der Waals surface area contributed by atoms with Gasteiger partial charge in [0.05, 0.1) is 17.6 Å². The molecule has 0 unspecified atom stereocenters. The van der Waals surface area contributed by atoms with Gasteiger partial charge in [0.25, 0.3) is 0 Å². The van der Waals surface area contributed by atoms with Crippen LogP contribution < -0.4 is 0 Å². The highest BCUT2D eigenvalue weighted by Crippen LogP contribution is 2.19. The summed E-state index contributed by atoms with van der Waals surface area (Å²) in [4.78, 5) is 16.9. The van der Waals surface area contributed by atoms with Crippen LogP contribution in [0, 0.1) is 13.8 Å². The monoisotopic (exact) mass is 294 g/mol. The van der Waals surface area contributed by atoms with Gasteiger partial charge in [-0.3, -0.25) is 4.79 Å². The van der Waals surface area contributed by atoms with Gasteiger partial charge in [0.2, 0.25) is 0 Å². The fourth-order valence-corrected chi connectivity index (χ4v) is 2.56. The van der Waals surface area contributed by atoms with Crippen molar-refractivity contribution >= 4 is 16.8 Å². The highest BCUT2D eigenvalue weighted by Gasteiger charge is 2.14. The van der Waals surface area contributed by atoms with Gasteiger partial charge in [-0.25, -0.2) is 4.98 Å². The van der Waals surface area contributed by atoms with E-state index in [4.69, 9.17) is 0 Å². The molecule has 0 spiro atoms. The summed E-state index contributed by atoms with van der Waals surface area (Å²) in [6.45, 7) is 3.98. The van der Waals surface area contributed by atoms with Crippen LogP contribution in [0.2, 0.25) is 0 Å². The van der Waals surface area contributed by atoms with Gasteiger partial charge in [-0.15, -0.1) is 0 Å². The number of imidazole rings is 1. The van der Waals surface area contributed by atoms with E-state index in [9.17, 15) is 9.90 Å². The molecule has 1 aromatic heterocycles. The smallest absolute Gasteiger partial charge is 0.182 e.